The van der Waals surface area contributed by atoms with Crippen LogP contribution >= 0.6 is 0 Å². The quantitative estimate of drug-likeness (QED) is 0.525. The Morgan fingerprint density at radius 3 is 2.46 bits per heavy atom. The maximum Gasteiger partial charge on any atom is 0.243 e. The zero-order valence-electron chi connectivity index (χ0n) is 15.2. The fourth-order valence-electron chi connectivity index (χ4n) is 2.23. The molecule has 0 radical (unpaired) electrons. The number of hydrogen-bond donors (Lipinski definition) is 3. The van der Waals surface area contributed by atoms with Gasteiger partial charge < -0.3 is 25.4 Å². The third kappa shape index (κ3) is 5.70. The summed E-state index contributed by atoms with van der Waals surface area (Å²) in [6.45, 7) is 2.53. The monoisotopic (exact) mass is 356 g/mol. The summed E-state index contributed by atoms with van der Waals surface area (Å²) in [6.07, 6.45) is 0. The largest absolute Gasteiger partial charge is 0.493 e. The first-order valence-electron chi connectivity index (χ1n) is 8.29. The second kappa shape index (κ2) is 9.93. The predicted molar refractivity (Wildman–Crippen MR) is 104 cm³/mol. The highest BCUT2D eigenvalue weighted by Gasteiger charge is 2.08. The number of hydrogen-bond acceptors (Lipinski definition) is 4. The van der Waals surface area contributed by atoms with Gasteiger partial charge in [0.1, 0.15) is 0 Å². The Morgan fingerprint density at radius 2 is 1.81 bits per heavy atom. The number of anilines is 2. The van der Waals surface area contributed by atoms with Crippen molar-refractivity contribution in [3.8, 4) is 11.5 Å². The lowest BCUT2D eigenvalue weighted by Gasteiger charge is -2.14. The zero-order chi connectivity index (χ0) is 18.8. The van der Waals surface area contributed by atoms with Crippen molar-refractivity contribution < 1.29 is 14.3 Å². The number of nitrogens with one attached hydrogen (secondary N) is 3. The Bertz CT molecular complexity index is 748. The van der Waals surface area contributed by atoms with Crippen LogP contribution in [0.15, 0.2) is 53.5 Å². The van der Waals surface area contributed by atoms with Gasteiger partial charge in [0.05, 0.1) is 20.3 Å². The molecule has 0 aliphatic heterocycles. The molecule has 138 valence electrons. The number of carbonyl (C=O) groups excluding carboxylic acids is 1. The van der Waals surface area contributed by atoms with Crippen LogP contribution in [0.4, 0.5) is 11.4 Å². The van der Waals surface area contributed by atoms with Crippen molar-refractivity contribution in [1.82, 2.24) is 5.32 Å². The zero-order valence-corrected chi connectivity index (χ0v) is 15.2. The molecule has 1 amide bonds. The van der Waals surface area contributed by atoms with Crippen LogP contribution in [0.25, 0.3) is 0 Å². The standard InChI is InChI=1S/C19H24N4O3/c1-4-26-17-12-15(10-11-16(17)25-3)23-19(20-2)21-13-18(24)22-14-8-6-5-7-9-14/h5-12H,4,13H2,1-3H3,(H,22,24)(H2,20,21,23). The minimum atomic E-state index is -0.163. The summed E-state index contributed by atoms with van der Waals surface area (Å²) in [4.78, 5) is 16.1. The lowest BCUT2D eigenvalue weighted by atomic mass is 10.2. The van der Waals surface area contributed by atoms with E-state index in [1.54, 1.807) is 14.2 Å². The van der Waals surface area contributed by atoms with E-state index in [1.165, 1.54) is 0 Å². The number of amides is 1. The number of ether oxygens (including phenoxy) is 2. The van der Waals surface area contributed by atoms with Gasteiger partial charge in [0.25, 0.3) is 0 Å². The number of carbonyl (C=O) groups is 1. The molecule has 0 atom stereocenters. The highest BCUT2D eigenvalue weighted by molar-refractivity contribution is 5.99. The number of rotatable bonds is 7. The lowest BCUT2D eigenvalue weighted by molar-refractivity contribution is -0.115. The molecule has 0 unspecified atom stereocenters. The van der Waals surface area contributed by atoms with Gasteiger partial charge in [-0.2, -0.15) is 0 Å². The first-order valence-corrected chi connectivity index (χ1v) is 8.29. The van der Waals surface area contributed by atoms with E-state index in [-0.39, 0.29) is 12.5 Å². The second-order valence-corrected chi connectivity index (χ2v) is 5.26. The summed E-state index contributed by atoms with van der Waals surface area (Å²) < 4.78 is 10.8. The number of methoxy groups -OCH3 is 1. The third-order valence-electron chi connectivity index (χ3n) is 3.42. The summed E-state index contributed by atoms with van der Waals surface area (Å²) in [7, 11) is 3.23. The van der Waals surface area contributed by atoms with Gasteiger partial charge in [0.2, 0.25) is 5.91 Å². The predicted octanol–water partition coefficient (Wildman–Crippen LogP) is 2.72. The number of aliphatic imine (C=N–C) groups is 1. The van der Waals surface area contributed by atoms with Gasteiger partial charge in [-0.25, -0.2) is 0 Å². The summed E-state index contributed by atoms with van der Waals surface area (Å²) in [5.41, 5.74) is 1.52. The fourth-order valence-corrected chi connectivity index (χ4v) is 2.23. The topological polar surface area (TPSA) is 84.0 Å². The number of guanidine groups is 1. The number of benzene rings is 2. The van der Waals surface area contributed by atoms with Gasteiger partial charge in [0, 0.05) is 24.5 Å². The third-order valence-corrected chi connectivity index (χ3v) is 3.42. The first kappa shape index (κ1) is 19.1. The van der Waals surface area contributed by atoms with Crippen molar-refractivity contribution in [1.29, 1.82) is 0 Å². The van der Waals surface area contributed by atoms with Gasteiger partial charge in [-0.05, 0) is 31.2 Å². The van der Waals surface area contributed by atoms with Crippen LogP contribution in [0.2, 0.25) is 0 Å². The molecule has 0 bridgehead atoms. The van der Waals surface area contributed by atoms with E-state index in [1.807, 2.05) is 55.5 Å². The molecule has 0 spiro atoms. The van der Waals surface area contributed by atoms with Gasteiger partial charge in [-0.1, -0.05) is 18.2 Å². The maximum atomic E-state index is 12.0. The Balaban J connectivity index is 1.93. The van der Waals surface area contributed by atoms with Crippen molar-refractivity contribution in [2.75, 3.05) is 37.9 Å². The van der Waals surface area contributed by atoms with Gasteiger partial charge in [-0.3, -0.25) is 9.79 Å². The fraction of sp³-hybridized carbons (Fsp3) is 0.263. The van der Waals surface area contributed by atoms with Gasteiger partial charge in [0.15, 0.2) is 17.5 Å². The van der Waals surface area contributed by atoms with Crippen molar-refractivity contribution in [3.05, 3.63) is 48.5 Å². The van der Waals surface area contributed by atoms with Crippen molar-refractivity contribution in [2.45, 2.75) is 6.92 Å². The minimum Gasteiger partial charge on any atom is -0.493 e. The molecule has 26 heavy (non-hydrogen) atoms. The van der Waals surface area contributed by atoms with E-state index in [2.05, 4.69) is 20.9 Å². The van der Waals surface area contributed by atoms with Gasteiger partial charge >= 0.3 is 0 Å². The average molecular weight is 356 g/mol. The van der Waals surface area contributed by atoms with Crippen LogP contribution in [-0.2, 0) is 4.79 Å². The highest BCUT2D eigenvalue weighted by atomic mass is 16.5. The van der Waals surface area contributed by atoms with E-state index in [4.69, 9.17) is 9.47 Å². The Hall–Kier alpha value is -3.22. The molecular weight excluding hydrogens is 332 g/mol. The number of para-hydroxylation sites is 1. The van der Waals surface area contributed by atoms with Gasteiger partial charge in [-0.15, -0.1) is 0 Å². The lowest BCUT2D eigenvalue weighted by Crippen LogP contribution is -2.37. The molecule has 7 heteroatoms. The van der Waals surface area contributed by atoms with Crippen LogP contribution < -0.4 is 25.4 Å². The van der Waals surface area contributed by atoms with Crippen LogP contribution in [-0.4, -0.2) is 39.2 Å². The first-order chi connectivity index (χ1) is 12.7. The van der Waals surface area contributed by atoms with Crippen molar-refractivity contribution in [3.63, 3.8) is 0 Å². The smallest absolute Gasteiger partial charge is 0.243 e. The molecule has 2 aromatic carbocycles. The van der Waals surface area contributed by atoms with Crippen molar-refractivity contribution in [2.24, 2.45) is 4.99 Å². The molecule has 0 saturated heterocycles. The molecule has 0 saturated carbocycles. The van der Waals surface area contributed by atoms with Crippen LogP contribution in [0.3, 0.4) is 0 Å². The Morgan fingerprint density at radius 1 is 1.04 bits per heavy atom. The van der Waals surface area contributed by atoms with Crippen molar-refractivity contribution >= 4 is 23.2 Å². The van der Waals surface area contributed by atoms with E-state index in [0.717, 1.165) is 11.4 Å². The Kier molecular flexibility index (Phi) is 7.30. The molecule has 0 aromatic heterocycles. The molecule has 2 rings (SSSR count). The minimum absolute atomic E-state index is 0.0863. The molecule has 3 N–H and O–H groups in total. The molecule has 2 aromatic rings. The summed E-state index contributed by atoms with van der Waals surface area (Å²) >= 11 is 0. The summed E-state index contributed by atoms with van der Waals surface area (Å²) in [5.74, 6) is 1.60. The maximum absolute atomic E-state index is 12.0. The summed E-state index contributed by atoms with van der Waals surface area (Å²) in [5, 5.41) is 8.90. The normalized spacial score (nSPS) is 10.8. The van der Waals surface area contributed by atoms with E-state index in [9.17, 15) is 4.79 Å². The second-order valence-electron chi connectivity index (χ2n) is 5.26. The molecule has 7 nitrogen and oxygen atoms in total. The van der Waals surface area contributed by atoms with Crippen LogP contribution in [0, 0.1) is 0 Å². The molecule has 0 aliphatic rings. The number of nitrogens with zero attached hydrogens (tertiary/aromatic N) is 1. The van der Waals surface area contributed by atoms with E-state index < -0.39 is 0 Å². The SMILES string of the molecule is CCOc1cc(NC(=NC)NCC(=O)Nc2ccccc2)ccc1OC. The average Bonchev–Trinajstić information content (AvgIpc) is 2.66. The molecular formula is C19H24N4O3. The Labute approximate surface area is 153 Å². The van der Waals surface area contributed by atoms with Crippen LogP contribution in [0.5, 0.6) is 11.5 Å². The van der Waals surface area contributed by atoms with Crippen LogP contribution in [0.1, 0.15) is 6.92 Å². The van der Waals surface area contributed by atoms with E-state index >= 15 is 0 Å². The summed E-state index contributed by atoms with van der Waals surface area (Å²) in [6, 6.07) is 14.8. The van der Waals surface area contributed by atoms with E-state index in [0.29, 0.717) is 24.1 Å². The molecule has 0 aliphatic carbocycles. The molecule has 0 heterocycles. The highest BCUT2D eigenvalue weighted by Crippen LogP contribution is 2.30. The molecule has 0 fully saturated rings.